The van der Waals surface area contributed by atoms with E-state index in [0.717, 1.165) is 5.56 Å². The number of methoxy groups -OCH3 is 2. The van der Waals surface area contributed by atoms with Gasteiger partial charge >= 0.3 is 0 Å². The van der Waals surface area contributed by atoms with Crippen molar-refractivity contribution >= 4 is 21.8 Å². The van der Waals surface area contributed by atoms with E-state index in [4.69, 9.17) is 14.6 Å². The van der Waals surface area contributed by atoms with Crippen LogP contribution in [0.2, 0.25) is 0 Å². The molecule has 0 aliphatic heterocycles. The first-order valence-corrected chi connectivity index (χ1v) is 12.0. The SMILES string of the molecule is COc1ccc(CCNC(=O)c2ccc(S(=O)(=O)NC(=O)c3ccc(CO)nc3)cc2)cc1OC. The van der Waals surface area contributed by atoms with E-state index in [-0.39, 0.29) is 28.5 Å². The van der Waals surface area contributed by atoms with Crippen LogP contribution in [0, 0.1) is 0 Å². The molecule has 0 bridgehead atoms. The van der Waals surface area contributed by atoms with Crippen molar-refractivity contribution in [3.8, 4) is 11.5 Å². The van der Waals surface area contributed by atoms with Crippen molar-refractivity contribution in [2.45, 2.75) is 17.9 Å². The summed E-state index contributed by atoms with van der Waals surface area (Å²) in [5.41, 5.74) is 1.59. The van der Waals surface area contributed by atoms with Crippen molar-refractivity contribution in [3.05, 3.63) is 83.2 Å². The summed E-state index contributed by atoms with van der Waals surface area (Å²) in [5.74, 6) is -0.0195. The minimum atomic E-state index is -4.16. The van der Waals surface area contributed by atoms with Gasteiger partial charge in [0.05, 0.1) is 37.0 Å². The lowest BCUT2D eigenvalue weighted by molar-refractivity contribution is 0.0951. The van der Waals surface area contributed by atoms with Gasteiger partial charge in [-0.1, -0.05) is 6.07 Å². The molecule has 0 spiro atoms. The summed E-state index contributed by atoms with van der Waals surface area (Å²) >= 11 is 0. The van der Waals surface area contributed by atoms with Gasteiger partial charge in [0, 0.05) is 18.3 Å². The topological polar surface area (TPSA) is 144 Å². The molecule has 0 radical (unpaired) electrons. The van der Waals surface area contributed by atoms with E-state index in [1.807, 2.05) is 16.9 Å². The lowest BCUT2D eigenvalue weighted by Crippen LogP contribution is -2.31. The van der Waals surface area contributed by atoms with Crippen molar-refractivity contribution < 1.29 is 32.6 Å². The van der Waals surface area contributed by atoms with E-state index in [0.29, 0.717) is 30.2 Å². The average Bonchev–Trinajstić information content (AvgIpc) is 2.88. The van der Waals surface area contributed by atoms with E-state index < -0.39 is 15.9 Å². The lowest BCUT2D eigenvalue weighted by Gasteiger charge is -2.10. The minimum absolute atomic E-state index is 0.0243. The fraction of sp³-hybridized carbons (Fsp3) is 0.208. The van der Waals surface area contributed by atoms with Crippen molar-refractivity contribution in [1.29, 1.82) is 0 Å². The van der Waals surface area contributed by atoms with E-state index in [1.165, 1.54) is 42.6 Å². The third kappa shape index (κ3) is 6.55. The summed E-state index contributed by atoms with van der Waals surface area (Å²) in [7, 11) is -1.06. The van der Waals surface area contributed by atoms with Gasteiger partial charge in [-0.25, -0.2) is 13.1 Å². The number of nitrogens with zero attached hydrogens (tertiary/aromatic N) is 1. The number of carbonyl (C=O) groups is 2. The molecule has 2 aromatic carbocycles. The van der Waals surface area contributed by atoms with Crippen LogP contribution in [0.25, 0.3) is 0 Å². The highest BCUT2D eigenvalue weighted by Gasteiger charge is 2.19. The number of hydrogen-bond donors (Lipinski definition) is 3. The van der Waals surface area contributed by atoms with Crippen LogP contribution in [0.3, 0.4) is 0 Å². The number of ether oxygens (including phenoxy) is 2. The standard InChI is InChI=1S/C24H25N3O7S/c1-33-21-10-3-16(13-22(21)34-2)11-12-25-23(29)17-5-8-20(9-6-17)35(31,32)27-24(30)18-4-7-19(15-28)26-14-18/h3-10,13-14,28H,11-12,15H2,1-2H3,(H,25,29)(H,27,30). The number of sulfonamides is 1. The quantitative estimate of drug-likeness (QED) is 0.382. The zero-order chi connectivity index (χ0) is 25.4. The van der Waals surface area contributed by atoms with Gasteiger partial charge in [0.2, 0.25) is 0 Å². The van der Waals surface area contributed by atoms with E-state index in [2.05, 4.69) is 10.3 Å². The maximum absolute atomic E-state index is 12.5. The monoisotopic (exact) mass is 499 g/mol. The molecule has 0 atom stereocenters. The van der Waals surface area contributed by atoms with Crippen molar-refractivity contribution in [2.24, 2.45) is 0 Å². The molecule has 2 amide bonds. The predicted octanol–water partition coefficient (Wildman–Crippen LogP) is 1.68. The Hall–Kier alpha value is -3.96. The Balaban J connectivity index is 1.58. The number of rotatable bonds is 10. The van der Waals surface area contributed by atoms with Crippen LogP contribution >= 0.6 is 0 Å². The molecular formula is C24H25N3O7S. The first-order chi connectivity index (χ1) is 16.8. The second-order valence-corrected chi connectivity index (χ2v) is 9.03. The van der Waals surface area contributed by atoms with Crippen LogP contribution in [0.1, 0.15) is 32.0 Å². The second-order valence-electron chi connectivity index (χ2n) is 7.35. The van der Waals surface area contributed by atoms with Crippen molar-refractivity contribution in [3.63, 3.8) is 0 Å². The Morgan fingerprint density at radius 1 is 0.914 bits per heavy atom. The van der Waals surface area contributed by atoms with E-state index in [1.54, 1.807) is 20.3 Å². The minimum Gasteiger partial charge on any atom is -0.493 e. The number of aromatic nitrogens is 1. The van der Waals surface area contributed by atoms with Gasteiger partial charge in [-0.2, -0.15) is 0 Å². The highest BCUT2D eigenvalue weighted by molar-refractivity contribution is 7.90. The molecule has 10 nitrogen and oxygen atoms in total. The molecule has 0 saturated heterocycles. The number of carbonyl (C=O) groups excluding carboxylic acids is 2. The van der Waals surface area contributed by atoms with Crippen LogP contribution in [0.4, 0.5) is 0 Å². The molecule has 11 heteroatoms. The third-order valence-corrected chi connectivity index (χ3v) is 6.40. The predicted molar refractivity (Wildman–Crippen MR) is 127 cm³/mol. The Labute approximate surface area is 203 Å². The Morgan fingerprint density at radius 2 is 1.60 bits per heavy atom. The van der Waals surface area contributed by atoms with Crippen LogP contribution < -0.4 is 19.5 Å². The smallest absolute Gasteiger partial charge is 0.266 e. The van der Waals surface area contributed by atoms with Crippen LogP contribution in [-0.2, 0) is 23.1 Å². The zero-order valence-electron chi connectivity index (χ0n) is 19.1. The average molecular weight is 500 g/mol. The molecule has 0 unspecified atom stereocenters. The van der Waals surface area contributed by atoms with Gasteiger partial charge in [0.1, 0.15) is 0 Å². The van der Waals surface area contributed by atoms with Gasteiger partial charge in [-0.05, 0) is 60.5 Å². The second kappa shape index (κ2) is 11.4. The van der Waals surface area contributed by atoms with Gasteiger partial charge in [-0.15, -0.1) is 0 Å². The number of hydrogen-bond acceptors (Lipinski definition) is 8. The summed E-state index contributed by atoms with van der Waals surface area (Å²) < 4.78 is 37.5. The lowest BCUT2D eigenvalue weighted by atomic mass is 10.1. The number of amides is 2. The van der Waals surface area contributed by atoms with Crippen molar-refractivity contribution in [1.82, 2.24) is 15.0 Å². The summed E-state index contributed by atoms with van der Waals surface area (Å²) in [5, 5.41) is 11.8. The number of pyridine rings is 1. The first-order valence-electron chi connectivity index (χ1n) is 10.5. The summed E-state index contributed by atoms with van der Waals surface area (Å²) in [6.45, 7) is 0.0594. The molecule has 0 fully saturated rings. The fourth-order valence-electron chi connectivity index (χ4n) is 3.14. The molecule has 1 heterocycles. The highest BCUT2D eigenvalue weighted by atomic mass is 32.2. The van der Waals surface area contributed by atoms with Gasteiger partial charge < -0.3 is 19.9 Å². The Bertz CT molecular complexity index is 1290. The summed E-state index contributed by atoms with van der Waals surface area (Å²) in [6.07, 6.45) is 1.73. The number of aliphatic hydroxyl groups is 1. The molecule has 0 saturated carbocycles. The maximum atomic E-state index is 12.5. The molecule has 184 valence electrons. The van der Waals surface area contributed by atoms with Crippen LogP contribution in [0.5, 0.6) is 11.5 Å². The van der Waals surface area contributed by atoms with Gasteiger partial charge in [0.15, 0.2) is 11.5 Å². The number of benzene rings is 2. The maximum Gasteiger partial charge on any atom is 0.266 e. The normalized spacial score (nSPS) is 10.9. The van der Waals surface area contributed by atoms with Gasteiger partial charge in [0.25, 0.3) is 21.8 Å². The Kier molecular flexibility index (Phi) is 8.39. The molecule has 3 N–H and O–H groups in total. The molecule has 3 aromatic rings. The molecule has 3 rings (SSSR count). The number of aliphatic hydroxyl groups excluding tert-OH is 1. The van der Waals surface area contributed by atoms with Crippen LogP contribution in [-0.4, -0.2) is 51.1 Å². The molecule has 1 aromatic heterocycles. The first kappa shape index (κ1) is 25.7. The molecule has 0 aliphatic rings. The molecule has 35 heavy (non-hydrogen) atoms. The van der Waals surface area contributed by atoms with E-state index in [9.17, 15) is 18.0 Å². The number of nitrogens with one attached hydrogen (secondary N) is 2. The fourth-order valence-corrected chi connectivity index (χ4v) is 4.11. The Morgan fingerprint density at radius 3 is 2.20 bits per heavy atom. The highest BCUT2D eigenvalue weighted by Crippen LogP contribution is 2.27. The summed E-state index contributed by atoms with van der Waals surface area (Å²) in [4.78, 5) is 28.4. The van der Waals surface area contributed by atoms with Crippen molar-refractivity contribution in [2.75, 3.05) is 20.8 Å². The summed E-state index contributed by atoms with van der Waals surface area (Å²) in [6, 6.07) is 13.5. The third-order valence-electron chi connectivity index (χ3n) is 5.05. The molecule has 0 aliphatic carbocycles. The van der Waals surface area contributed by atoms with Gasteiger partial charge in [-0.3, -0.25) is 14.6 Å². The zero-order valence-corrected chi connectivity index (χ0v) is 20.0. The molecular weight excluding hydrogens is 474 g/mol. The van der Waals surface area contributed by atoms with Crippen LogP contribution in [0.15, 0.2) is 65.7 Å². The van der Waals surface area contributed by atoms with E-state index >= 15 is 0 Å². The largest absolute Gasteiger partial charge is 0.493 e.